The molecule has 35 heavy (non-hydrogen) atoms. The number of hydrogen-bond donors (Lipinski definition) is 3. The molecule has 1 aliphatic heterocycles. The van der Waals surface area contributed by atoms with Crippen LogP contribution in [0.3, 0.4) is 0 Å². The molecule has 0 bridgehead atoms. The lowest BCUT2D eigenvalue weighted by Crippen LogP contribution is -2.22. The number of nitrogens with zero attached hydrogens (tertiary/aromatic N) is 3. The van der Waals surface area contributed by atoms with E-state index in [1.807, 2.05) is 0 Å². The summed E-state index contributed by atoms with van der Waals surface area (Å²) in [6.45, 7) is 1.78. The first-order chi connectivity index (χ1) is 16.5. The van der Waals surface area contributed by atoms with Crippen molar-refractivity contribution < 1.29 is 33.7 Å². The van der Waals surface area contributed by atoms with E-state index in [1.165, 1.54) is 19.4 Å². The fraction of sp³-hybridized carbons (Fsp3) is 0.130. The SMILES string of the molecule is CO[N+](=O)c1ccc2c(C3=C(c4cn(P(=O)(O)O)c5cc(C)ccc45)C(=O)NC3=O)cn(C)c2c1. The van der Waals surface area contributed by atoms with Gasteiger partial charge in [-0.25, -0.2) is 9.40 Å². The lowest BCUT2D eigenvalue weighted by atomic mass is 9.95. The maximum absolute atomic E-state index is 13.0. The van der Waals surface area contributed by atoms with Crippen LogP contribution < -0.4 is 5.32 Å². The van der Waals surface area contributed by atoms with Gasteiger partial charge in [0.25, 0.3) is 16.7 Å². The Morgan fingerprint density at radius 1 is 0.943 bits per heavy atom. The van der Waals surface area contributed by atoms with E-state index >= 15 is 0 Å². The molecule has 0 radical (unpaired) electrons. The van der Waals surface area contributed by atoms with Gasteiger partial charge >= 0.3 is 13.4 Å². The summed E-state index contributed by atoms with van der Waals surface area (Å²) in [6.07, 6.45) is 2.87. The second kappa shape index (κ2) is 7.74. The van der Waals surface area contributed by atoms with Gasteiger partial charge in [-0.15, -0.1) is 0 Å². The second-order valence-electron chi connectivity index (χ2n) is 8.25. The van der Waals surface area contributed by atoms with Gasteiger partial charge in [0.2, 0.25) is 0 Å². The van der Waals surface area contributed by atoms with E-state index in [-0.39, 0.29) is 27.9 Å². The number of benzene rings is 2. The normalized spacial score (nSPS) is 14.3. The molecule has 0 atom stereocenters. The van der Waals surface area contributed by atoms with Crippen molar-refractivity contribution in [1.82, 2.24) is 14.2 Å². The molecule has 11 nitrogen and oxygen atoms in total. The number of hydrogen-bond acceptors (Lipinski definition) is 5. The Hall–Kier alpha value is -4.05. The minimum Gasteiger partial charge on any atom is -0.350 e. The van der Waals surface area contributed by atoms with Crippen LogP contribution in [0.2, 0.25) is 0 Å². The molecule has 4 aromatic rings. The zero-order valence-electron chi connectivity index (χ0n) is 18.8. The minimum absolute atomic E-state index is 0.00923. The first-order valence-corrected chi connectivity index (χ1v) is 12.0. The molecule has 3 N–H and O–H groups in total. The van der Waals surface area contributed by atoms with Crippen LogP contribution in [0.1, 0.15) is 16.7 Å². The molecule has 0 spiro atoms. The van der Waals surface area contributed by atoms with E-state index < -0.39 is 19.6 Å². The summed E-state index contributed by atoms with van der Waals surface area (Å²) in [7, 11) is -1.78. The maximum Gasteiger partial charge on any atom is 0.434 e. The van der Waals surface area contributed by atoms with E-state index in [1.54, 1.807) is 55.1 Å². The molecule has 0 saturated carbocycles. The first-order valence-electron chi connectivity index (χ1n) is 10.4. The molecule has 178 valence electrons. The summed E-state index contributed by atoms with van der Waals surface area (Å²) in [5.74, 6) is -1.30. The van der Waals surface area contributed by atoms with Crippen LogP contribution in [0.15, 0.2) is 48.8 Å². The topological polar surface area (TPSA) is 143 Å². The highest BCUT2D eigenvalue weighted by Gasteiger charge is 2.36. The highest BCUT2D eigenvalue weighted by atomic mass is 31.2. The number of carbonyl (C=O) groups is 2. The second-order valence-corrected chi connectivity index (χ2v) is 9.71. The van der Waals surface area contributed by atoms with Crippen molar-refractivity contribution >= 4 is 58.2 Å². The Bertz CT molecular complexity index is 1690. The van der Waals surface area contributed by atoms with E-state index in [2.05, 4.69) is 5.32 Å². The number of imide groups is 1. The molecule has 5 rings (SSSR count). The quantitative estimate of drug-likeness (QED) is 0.219. The molecule has 12 heteroatoms. The van der Waals surface area contributed by atoms with Crippen LogP contribution in [0, 0.1) is 11.8 Å². The predicted octanol–water partition coefficient (Wildman–Crippen LogP) is 2.92. The Morgan fingerprint density at radius 3 is 2.17 bits per heavy atom. The lowest BCUT2D eigenvalue weighted by molar-refractivity contribution is -0.736. The van der Waals surface area contributed by atoms with E-state index in [0.29, 0.717) is 26.8 Å². The molecule has 0 aliphatic carbocycles. The Morgan fingerprint density at radius 2 is 1.54 bits per heavy atom. The van der Waals surface area contributed by atoms with Gasteiger partial charge in [-0.3, -0.25) is 19.2 Å². The number of amides is 2. The van der Waals surface area contributed by atoms with Gasteiger partial charge in [0.15, 0.2) is 7.11 Å². The highest BCUT2D eigenvalue weighted by Crippen LogP contribution is 2.45. The summed E-state index contributed by atoms with van der Waals surface area (Å²) in [5.41, 5.74) is 2.61. The Balaban J connectivity index is 1.83. The molecule has 3 heterocycles. The van der Waals surface area contributed by atoms with Crippen molar-refractivity contribution in [1.29, 1.82) is 0 Å². The first kappa shape index (κ1) is 22.7. The minimum atomic E-state index is -4.76. The standard InChI is InChI=1S/C23H19N4O7P/c1-12-4-6-15-17(11-26(19(15)8-12)35(31,32)33)21-20(22(28)24-23(21)29)16-10-25(2)18-9-13(27(30)34-3)5-7-14(16)18/h4-11H,1-3H3,(H2-,24,28,29,31,32,33)/p+1. The molecule has 2 aromatic carbocycles. The zero-order valence-corrected chi connectivity index (χ0v) is 19.7. The number of nitrogens with one attached hydrogen (secondary N) is 1. The molecule has 0 unspecified atom stereocenters. The van der Waals surface area contributed by atoms with Crippen molar-refractivity contribution in [2.24, 2.45) is 7.05 Å². The third-order valence-electron chi connectivity index (χ3n) is 6.04. The van der Waals surface area contributed by atoms with Crippen LogP contribution in [0.5, 0.6) is 0 Å². The van der Waals surface area contributed by atoms with Gasteiger partial charge in [-0.1, -0.05) is 12.1 Å². The molecule has 0 fully saturated rings. The van der Waals surface area contributed by atoms with Crippen molar-refractivity contribution in [2.75, 3.05) is 7.11 Å². The van der Waals surface area contributed by atoms with Crippen LogP contribution in [-0.2, 0) is 26.0 Å². The van der Waals surface area contributed by atoms with E-state index in [9.17, 15) is 28.8 Å². The number of rotatable bonds is 5. The van der Waals surface area contributed by atoms with Gasteiger partial charge in [-0.2, -0.15) is 0 Å². The van der Waals surface area contributed by atoms with Crippen molar-refractivity contribution in [3.8, 4) is 0 Å². The molecular weight excluding hydrogens is 475 g/mol. The van der Waals surface area contributed by atoms with Gasteiger partial charge in [-0.05, 0) is 24.6 Å². The highest BCUT2D eigenvalue weighted by molar-refractivity contribution is 7.50. The van der Waals surface area contributed by atoms with Crippen LogP contribution >= 0.6 is 7.75 Å². The summed E-state index contributed by atoms with van der Waals surface area (Å²) in [6, 6.07) is 9.79. The molecule has 2 aromatic heterocycles. The Kier molecular flexibility index (Phi) is 5.03. The van der Waals surface area contributed by atoms with Crippen LogP contribution in [-0.4, -0.2) is 42.5 Å². The lowest BCUT2D eigenvalue weighted by Gasteiger charge is -2.06. The smallest absolute Gasteiger partial charge is 0.350 e. The number of aryl methyl sites for hydroxylation is 2. The van der Waals surface area contributed by atoms with Crippen LogP contribution in [0.4, 0.5) is 5.69 Å². The van der Waals surface area contributed by atoms with Gasteiger partial charge in [0.05, 0.1) is 27.1 Å². The van der Waals surface area contributed by atoms with Crippen molar-refractivity contribution in [2.45, 2.75) is 6.92 Å². The van der Waals surface area contributed by atoms with Crippen LogP contribution in [0.25, 0.3) is 33.0 Å². The fourth-order valence-electron chi connectivity index (χ4n) is 4.49. The zero-order chi connectivity index (χ0) is 25.2. The molecule has 2 amide bonds. The third-order valence-corrected chi connectivity index (χ3v) is 6.94. The monoisotopic (exact) mass is 495 g/mol. The average Bonchev–Trinajstić information content (AvgIpc) is 3.42. The van der Waals surface area contributed by atoms with Crippen molar-refractivity contribution in [3.05, 3.63) is 70.4 Å². The predicted molar refractivity (Wildman–Crippen MR) is 127 cm³/mol. The largest absolute Gasteiger partial charge is 0.434 e. The summed E-state index contributed by atoms with van der Waals surface area (Å²) in [4.78, 5) is 62.8. The maximum atomic E-state index is 13.0. The fourth-order valence-corrected chi connectivity index (χ4v) is 5.21. The third kappa shape index (κ3) is 3.48. The van der Waals surface area contributed by atoms with E-state index in [0.717, 1.165) is 9.90 Å². The molecule has 0 saturated heterocycles. The van der Waals surface area contributed by atoms with Crippen molar-refractivity contribution in [3.63, 3.8) is 0 Å². The van der Waals surface area contributed by atoms with E-state index in [4.69, 9.17) is 4.84 Å². The summed E-state index contributed by atoms with van der Waals surface area (Å²) < 4.78 is 14.7. The van der Waals surface area contributed by atoms with Gasteiger partial charge in [0, 0.05) is 53.5 Å². The number of fused-ring (bicyclic) bond motifs is 2. The number of aromatic nitrogens is 2. The Labute approximate surface area is 198 Å². The van der Waals surface area contributed by atoms with Gasteiger partial charge in [0.1, 0.15) is 0 Å². The average molecular weight is 495 g/mol. The summed E-state index contributed by atoms with van der Waals surface area (Å²) in [5, 5.41) is 3.33. The number of carbonyl (C=O) groups excluding carboxylic acids is 2. The van der Waals surface area contributed by atoms with Gasteiger partial charge < -0.3 is 14.4 Å². The summed E-state index contributed by atoms with van der Waals surface area (Å²) >= 11 is 0. The molecule has 1 aliphatic rings. The molecular formula is C23H20N4O7P+.